The van der Waals surface area contributed by atoms with E-state index in [-0.39, 0.29) is 6.10 Å². The molecule has 0 spiro atoms. The predicted molar refractivity (Wildman–Crippen MR) is 113 cm³/mol. The fourth-order valence-electron chi connectivity index (χ4n) is 2.74. The maximum atomic E-state index is 5.80. The molecule has 0 aliphatic carbocycles. The number of ether oxygens (including phenoxy) is 3. The van der Waals surface area contributed by atoms with Gasteiger partial charge < -0.3 is 19.5 Å². The molecule has 0 fully saturated rings. The molecule has 4 nitrogen and oxygen atoms in total. The van der Waals surface area contributed by atoms with Crippen LogP contribution in [0.4, 0.5) is 5.69 Å². The number of benzene rings is 3. The van der Waals surface area contributed by atoms with Gasteiger partial charge in [0.15, 0.2) is 0 Å². The molecule has 0 aliphatic heterocycles. The van der Waals surface area contributed by atoms with Crippen molar-refractivity contribution in [2.24, 2.45) is 0 Å². The monoisotopic (exact) mass is 377 g/mol. The van der Waals surface area contributed by atoms with E-state index in [0.717, 1.165) is 29.5 Å². The van der Waals surface area contributed by atoms with Crippen LogP contribution in [0.15, 0.2) is 78.9 Å². The molecule has 0 saturated carbocycles. The molecule has 3 aromatic rings. The Morgan fingerprint density at radius 1 is 0.714 bits per heavy atom. The highest BCUT2D eigenvalue weighted by Crippen LogP contribution is 2.20. The summed E-state index contributed by atoms with van der Waals surface area (Å²) in [7, 11) is 0. The quantitative estimate of drug-likeness (QED) is 0.471. The normalized spacial score (nSPS) is 10.5. The Balaban J connectivity index is 1.47. The first kappa shape index (κ1) is 19.6. The van der Waals surface area contributed by atoms with Crippen LogP contribution in [-0.4, -0.2) is 19.3 Å². The molecule has 1 N–H and O–H groups in total. The van der Waals surface area contributed by atoms with Gasteiger partial charge in [-0.2, -0.15) is 0 Å². The second-order valence-corrected chi connectivity index (χ2v) is 6.71. The summed E-state index contributed by atoms with van der Waals surface area (Å²) in [6, 6.07) is 25.8. The molecule has 0 radical (unpaired) electrons. The Hall–Kier alpha value is -3.14. The number of rotatable bonds is 10. The standard InChI is InChI=1S/C24H27NO3/c1-19(2)28-24-13-6-8-20(16-24)18-25-21-9-7-12-23(17-21)27-15-14-26-22-10-4-3-5-11-22/h3-13,16-17,19,25H,14-15,18H2,1-2H3. The Morgan fingerprint density at radius 3 is 2.18 bits per heavy atom. The molecule has 3 rings (SSSR count). The van der Waals surface area contributed by atoms with E-state index in [9.17, 15) is 0 Å². The second-order valence-electron chi connectivity index (χ2n) is 6.71. The molecule has 28 heavy (non-hydrogen) atoms. The van der Waals surface area contributed by atoms with Crippen molar-refractivity contribution in [3.63, 3.8) is 0 Å². The zero-order chi connectivity index (χ0) is 19.6. The van der Waals surface area contributed by atoms with Crippen molar-refractivity contribution in [1.82, 2.24) is 0 Å². The van der Waals surface area contributed by atoms with Gasteiger partial charge in [0.05, 0.1) is 6.10 Å². The van der Waals surface area contributed by atoms with E-state index in [1.807, 2.05) is 80.6 Å². The highest BCUT2D eigenvalue weighted by Gasteiger charge is 2.01. The van der Waals surface area contributed by atoms with Crippen molar-refractivity contribution in [3.05, 3.63) is 84.4 Å². The first-order chi connectivity index (χ1) is 13.7. The first-order valence-electron chi connectivity index (χ1n) is 9.59. The molecule has 0 atom stereocenters. The molecular formula is C24H27NO3. The minimum absolute atomic E-state index is 0.169. The van der Waals surface area contributed by atoms with Crippen LogP contribution >= 0.6 is 0 Å². The first-order valence-corrected chi connectivity index (χ1v) is 9.59. The summed E-state index contributed by atoms with van der Waals surface area (Å²) >= 11 is 0. The summed E-state index contributed by atoms with van der Waals surface area (Å²) in [6.07, 6.45) is 0.169. The van der Waals surface area contributed by atoms with Gasteiger partial charge in [0, 0.05) is 18.3 Å². The van der Waals surface area contributed by atoms with Crippen molar-refractivity contribution < 1.29 is 14.2 Å². The summed E-state index contributed by atoms with van der Waals surface area (Å²) in [4.78, 5) is 0. The second kappa shape index (κ2) is 10.3. The number of para-hydroxylation sites is 1. The van der Waals surface area contributed by atoms with Crippen LogP contribution in [0.25, 0.3) is 0 Å². The molecule has 0 aromatic heterocycles. The largest absolute Gasteiger partial charge is 0.491 e. The molecule has 0 heterocycles. The lowest BCUT2D eigenvalue weighted by Gasteiger charge is -2.13. The Bertz CT molecular complexity index is 849. The van der Waals surface area contributed by atoms with Crippen LogP contribution < -0.4 is 19.5 Å². The lowest BCUT2D eigenvalue weighted by Crippen LogP contribution is -2.09. The van der Waals surface area contributed by atoms with Gasteiger partial charge in [0.25, 0.3) is 0 Å². The van der Waals surface area contributed by atoms with Crippen molar-refractivity contribution in [3.8, 4) is 17.2 Å². The molecule has 0 bridgehead atoms. The van der Waals surface area contributed by atoms with E-state index in [2.05, 4.69) is 17.4 Å². The van der Waals surface area contributed by atoms with Gasteiger partial charge in [-0.1, -0.05) is 36.4 Å². The van der Waals surface area contributed by atoms with Crippen LogP contribution in [0, 0.1) is 0 Å². The van der Waals surface area contributed by atoms with E-state index < -0.39 is 0 Å². The number of hydrogen-bond donors (Lipinski definition) is 1. The van der Waals surface area contributed by atoms with Crippen molar-refractivity contribution in [1.29, 1.82) is 0 Å². The third-order valence-corrected chi connectivity index (χ3v) is 3.96. The third-order valence-electron chi connectivity index (χ3n) is 3.96. The van der Waals surface area contributed by atoms with Gasteiger partial charge in [-0.15, -0.1) is 0 Å². The van der Waals surface area contributed by atoms with E-state index in [4.69, 9.17) is 14.2 Å². The van der Waals surface area contributed by atoms with E-state index in [1.54, 1.807) is 0 Å². The minimum atomic E-state index is 0.169. The van der Waals surface area contributed by atoms with E-state index >= 15 is 0 Å². The highest BCUT2D eigenvalue weighted by atomic mass is 16.5. The smallest absolute Gasteiger partial charge is 0.122 e. The van der Waals surface area contributed by atoms with Crippen molar-refractivity contribution in [2.75, 3.05) is 18.5 Å². The zero-order valence-corrected chi connectivity index (χ0v) is 16.4. The fraction of sp³-hybridized carbons (Fsp3) is 0.250. The van der Waals surface area contributed by atoms with Gasteiger partial charge in [-0.3, -0.25) is 0 Å². The van der Waals surface area contributed by atoms with Crippen LogP contribution in [0.3, 0.4) is 0 Å². The SMILES string of the molecule is CC(C)Oc1cccc(CNc2cccc(OCCOc3ccccc3)c2)c1. The Kier molecular flexibility index (Phi) is 7.19. The molecule has 4 heteroatoms. The Labute approximate surface area is 167 Å². The summed E-state index contributed by atoms with van der Waals surface area (Å²) in [5.74, 6) is 2.56. The van der Waals surface area contributed by atoms with Crippen molar-refractivity contribution >= 4 is 5.69 Å². The fourth-order valence-corrected chi connectivity index (χ4v) is 2.74. The van der Waals surface area contributed by atoms with Crippen LogP contribution in [0.5, 0.6) is 17.2 Å². The molecular weight excluding hydrogens is 350 g/mol. The van der Waals surface area contributed by atoms with E-state index in [0.29, 0.717) is 13.2 Å². The van der Waals surface area contributed by atoms with Crippen LogP contribution in [0.2, 0.25) is 0 Å². The molecule has 0 saturated heterocycles. The summed E-state index contributed by atoms with van der Waals surface area (Å²) in [6.45, 7) is 5.77. The van der Waals surface area contributed by atoms with Gasteiger partial charge in [0.2, 0.25) is 0 Å². The van der Waals surface area contributed by atoms with Crippen molar-refractivity contribution in [2.45, 2.75) is 26.5 Å². The van der Waals surface area contributed by atoms with Gasteiger partial charge in [0.1, 0.15) is 30.5 Å². The number of anilines is 1. The molecule has 0 amide bonds. The lowest BCUT2D eigenvalue weighted by atomic mass is 10.2. The average molecular weight is 377 g/mol. The molecule has 3 aromatic carbocycles. The summed E-state index contributed by atoms with van der Waals surface area (Å²) in [5, 5.41) is 3.43. The summed E-state index contributed by atoms with van der Waals surface area (Å²) in [5.41, 5.74) is 2.18. The highest BCUT2D eigenvalue weighted by molar-refractivity contribution is 5.48. The third kappa shape index (κ3) is 6.54. The molecule has 146 valence electrons. The molecule has 0 aliphatic rings. The number of nitrogens with one attached hydrogen (secondary N) is 1. The minimum Gasteiger partial charge on any atom is -0.491 e. The average Bonchev–Trinajstić information content (AvgIpc) is 2.71. The van der Waals surface area contributed by atoms with Crippen LogP contribution in [-0.2, 0) is 6.54 Å². The topological polar surface area (TPSA) is 39.7 Å². The number of hydrogen-bond acceptors (Lipinski definition) is 4. The summed E-state index contributed by atoms with van der Waals surface area (Å²) < 4.78 is 17.2. The maximum absolute atomic E-state index is 5.80. The zero-order valence-electron chi connectivity index (χ0n) is 16.4. The van der Waals surface area contributed by atoms with Gasteiger partial charge in [-0.05, 0) is 55.8 Å². The molecule has 0 unspecified atom stereocenters. The maximum Gasteiger partial charge on any atom is 0.122 e. The lowest BCUT2D eigenvalue weighted by molar-refractivity contribution is 0.217. The van der Waals surface area contributed by atoms with Gasteiger partial charge >= 0.3 is 0 Å². The van der Waals surface area contributed by atoms with Crippen LogP contribution in [0.1, 0.15) is 19.4 Å². The van der Waals surface area contributed by atoms with E-state index in [1.165, 1.54) is 5.56 Å². The Morgan fingerprint density at radius 2 is 1.39 bits per heavy atom. The van der Waals surface area contributed by atoms with Gasteiger partial charge in [-0.25, -0.2) is 0 Å². The predicted octanol–water partition coefficient (Wildman–Crippen LogP) is 5.54.